The predicted molar refractivity (Wildman–Crippen MR) is 99.2 cm³/mol. The van der Waals surface area contributed by atoms with E-state index in [-0.39, 0.29) is 11.5 Å². The van der Waals surface area contributed by atoms with Crippen molar-refractivity contribution in [1.82, 2.24) is 4.31 Å². The number of oxime groups is 1. The Morgan fingerprint density at radius 3 is 2.50 bits per heavy atom. The van der Waals surface area contributed by atoms with E-state index in [1.54, 1.807) is 56.7 Å². The lowest BCUT2D eigenvalue weighted by Gasteiger charge is -2.12. The minimum absolute atomic E-state index is 0.138. The standard InChI is InChI=1S/C18H22N2O5S/c1-20(2)26(21,22)17-7-5-6-14(10-17)13-25-19-12-15-11-16(23-3)8-9-18(15)24-4/h5-12H,13H2,1-4H3/b19-12+. The van der Waals surface area contributed by atoms with Gasteiger partial charge in [-0.05, 0) is 35.9 Å². The molecule has 0 aromatic heterocycles. The van der Waals surface area contributed by atoms with Gasteiger partial charge in [0, 0.05) is 19.7 Å². The molecule has 2 aromatic carbocycles. The van der Waals surface area contributed by atoms with Crippen molar-refractivity contribution in [3.8, 4) is 11.5 Å². The highest BCUT2D eigenvalue weighted by atomic mass is 32.2. The van der Waals surface area contributed by atoms with Crippen LogP contribution in [0.4, 0.5) is 0 Å². The zero-order chi connectivity index (χ0) is 19.2. The maximum Gasteiger partial charge on any atom is 0.242 e. The van der Waals surface area contributed by atoms with Gasteiger partial charge in [0.05, 0.1) is 25.3 Å². The highest BCUT2D eigenvalue weighted by molar-refractivity contribution is 7.89. The summed E-state index contributed by atoms with van der Waals surface area (Å²) in [6.07, 6.45) is 1.52. The van der Waals surface area contributed by atoms with Gasteiger partial charge >= 0.3 is 0 Å². The number of nitrogens with zero attached hydrogens (tertiary/aromatic N) is 2. The summed E-state index contributed by atoms with van der Waals surface area (Å²) >= 11 is 0. The predicted octanol–water partition coefficient (Wildman–Crippen LogP) is 2.50. The zero-order valence-electron chi connectivity index (χ0n) is 15.2. The molecule has 0 aliphatic heterocycles. The lowest BCUT2D eigenvalue weighted by atomic mass is 10.2. The lowest BCUT2D eigenvalue weighted by Crippen LogP contribution is -2.22. The summed E-state index contributed by atoms with van der Waals surface area (Å²) in [6, 6.07) is 11.9. The highest BCUT2D eigenvalue weighted by Gasteiger charge is 2.17. The van der Waals surface area contributed by atoms with Gasteiger partial charge < -0.3 is 14.3 Å². The van der Waals surface area contributed by atoms with E-state index >= 15 is 0 Å². The molecule has 8 heteroatoms. The molecule has 2 rings (SSSR count). The Labute approximate surface area is 153 Å². The third-order valence-electron chi connectivity index (χ3n) is 3.61. The fraction of sp³-hybridized carbons (Fsp3) is 0.278. The van der Waals surface area contributed by atoms with Crippen molar-refractivity contribution >= 4 is 16.2 Å². The third-order valence-corrected chi connectivity index (χ3v) is 5.42. The Balaban J connectivity index is 2.08. The monoisotopic (exact) mass is 378 g/mol. The van der Waals surface area contributed by atoms with Crippen LogP contribution in [0.15, 0.2) is 52.5 Å². The zero-order valence-corrected chi connectivity index (χ0v) is 16.0. The SMILES string of the molecule is COc1ccc(OC)c(/C=N/OCc2cccc(S(=O)(=O)N(C)C)c2)c1. The number of hydrogen-bond donors (Lipinski definition) is 0. The van der Waals surface area contributed by atoms with Crippen molar-refractivity contribution < 1.29 is 22.7 Å². The molecule has 0 amide bonds. The minimum Gasteiger partial charge on any atom is -0.497 e. The highest BCUT2D eigenvalue weighted by Crippen LogP contribution is 2.22. The van der Waals surface area contributed by atoms with E-state index in [4.69, 9.17) is 14.3 Å². The van der Waals surface area contributed by atoms with E-state index in [9.17, 15) is 8.42 Å². The molecule has 0 radical (unpaired) electrons. The Kier molecular flexibility index (Phi) is 6.59. The summed E-state index contributed by atoms with van der Waals surface area (Å²) < 4.78 is 35.9. The molecule has 140 valence electrons. The van der Waals surface area contributed by atoms with Gasteiger partial charge in [0.15, 0.2) is 0 Å². The normalized spacial score (nSPS) is 11.7. The van der Waals surface area contributed by atoms with Gasteiger partial charge in [-0.1, -0.05) is 17.3 Å². The van der Waals surface area contributed by atoms with Crippen molar-refractivity contribution in [1.29, 1.82) is 0 Å². The van der Waals surface area contributed by atoms with Crippen LogP contribution in [0.25, 0.3) is 0 Å². The molecule has 0 aliphatic carbocycles. The molecular weight excluding hydrogens is 356 g/mol. The summed E-state index contributed by atoms with van der Waals surface area (Å²) in [5, 5.41) is 3.93. The number of sulfonamides is 1. The molecule has 0 heterocycles. The maximum atomic E-state index is 12.2. The molecule has 0 saturated heterocycles. The van der Waals surface area contributed by atoms with Crippen molar-refractivity contribution in [3.05, 3.63) is 53.6 Å². The average Bonchev–Trinajstić information content (AvgIpc) is 2.65. The first-order chi connectivity index (χ1) is 12.4. The Morgan fingerprint density at radius 2 is 1.85 bits per heavy atom. The van der Waals surface area contributed by atoms with Gasteiger partial charge in [0.1, 0.15) is 18.1 Å². The van der Waals surface area contributed by atoms with E-state index < -0.39 is 10.0 Å². The van der Waals surface area contributed by atoms with Crippen LogP contribution in [0.3, 0.4) is 0 Å². The van der Waals surface area contributed by atoms with Crippen molar-refractivity contribution in [3.63, 3.8) is 0 Å². The van der Waals surface area contributed by atoms with Gasteiger partial charge in [0.2, 0.25) is 10.0 Å². The van der Waals surface area contributed by atoms with E-state index in [1.807, 2.05) is 0 Å². The summed E-state index contributed by atoms with van der Waals surface area (Å²) in [5.41, 5.74) is 1.40. The van der Waals surface area contributed by atoms with Crippen LogP contribution in [0.1, 0.15) is 11.1 Å². The maximum absolute atomic E-state index is 12.2. The fourth-order valence-corrected chi connectivity index (χ4v) is 3.13. The molecule has 0 fully saturated rings. The molecule has 2 aromatic rings. The van der Waals surface area contributed by atoms with E-state index in [2.05, 4.69) is 5.16 Å². The Morgan fingerprint density at radius 1 is 1.08 bits per heavy atom. The van der Waals surface area contributed by atoms with Crippen molar-refractivity contribution in [2.24, 2.45) is 5.16 Å². The molecule has 0 bridgehead atoms. The molecular formula is C18H22N2O5S. The quantitative estimate of drug-likeness (QED) is 0.521. The summed E-state index contributed by atoms with van der Waals surface area (Å²) in [6.45, 7) is 0.138. The molecule has 0 saturated carbocycles. The van der Waals surface area contributed by atoms with Crippen molar-refractivity contribution in [2.75, 3.05) is 28.3 Å². The second kappa shape index (κ2) is 8.68. The van der Waals surface area contributed by atoms with E-state index in [1.165, 1.54) is 24.6 Å². The van der Waals surface area contributed by atoms with Crippen LogP contribution in [0.5, 0.6) is 11.5 Å². The van der Waals surface area contributed by atoms with Crippen LogP contribution in [0, 0.1) is 0 Å². The van der Waals surface area contributed by atoms with Gasteiger partial charge in [-0.25, -0.2) is 12.7 Å². The van der Waals surface area contributed by atoms with Gasteiger partial charge in [-0.3, -0.25) is 0 Å². The number of ether oxygens (including phenoxy) is 2. The fourth-order valence-electron chi connectivity index (χ4n) is 2.15. The molecule has 0 spiro atoms. The lowest BCUT2D eigenvalue weighted by molar-refractivity contribution is 0.132. The second-order valence-corrected chi connectivity index (χ2v) is 7.70. The van der Waals surface area contributed by atoms with Gasteiger partial charge in [-0.15, -0.1) is 0 Å². The smallest absolute Gasteiger partial charge is 0.242 e. The van der Waals surface area contributed by atoms with Crippen molar-refractivity contribution in [2.45, 2.75) is 11.5 Å². The molecule has 26 heavy (non-hydrogen) atoms. The molecule has 7 nitrogen and oxygen atoms in total. The summed E-state index contributed by atoms with van der Waals surface area (Å²) in [5.74, 6) is 1.31. The average molecular weight is 378 g/mol. The first-order valence-corrected chi connectivity index (χ1v) is 9.21. The largest absolute Gasteiger partial charge is 0.497 e. The van der Waals surface area contributed by atoms with E-state index in [0.29, 0.717) is 22.6 Å². The topological polar surface area (TPSA) is 77.4 Å². The Bertz CT molecular complexity index is 879. The van der Waals surface area contributed by atoms with Crippen LogP contribution >= 0.6 is 0 Å². The van der Waals surface area contributed by atoms with E-state index in [0.717, 1.165) is 0 Å². The molecule has 0 aliphatic rings. The summed E-state index contributed by atoms with van der Waals surface area (Å²) in [7, 11) is 2.64. The van der Waals surface area contributed by atoms with Crippen LogP contribution < -0.4 is 9.47 Å². The summed E-state index contributed by atoms with van der Waals surface area (Å²) in [4.78, 5) is 5.50. The van der Waals surface area contributed by atoms with Crippen LogP contribution in [0.2, 0.25) is 0 Å². The Hall–Kier alpha value is -2.58. The third kappa shape index (κ3) is 4.74. The molecule has 0 atom stereocenters. The first-order valence-electron chi connectivity index (χ1n) is 7.77. The van der Waals surface area contributed by atoms with Crippen LogP contribution in [-0.4, -0.2) is 47.3 Å². The van der Waals surface area contributed by atoms with Gasteiger partial charge in [-0.2, -0.15) is 0 Å². The first kappa shape index (κ1) is 19.7. The van der Waals surface area contributed by atoms with Gasteiger partial charge in [0.25, 0.3) is 0 Å². The number of methoxy groups -OCH3 is 2. The van der Waals surface area contributed by atoms with Crippen LogP contribution in [-0.2, 0) is 21.5 Å². The molecule has 0 unspecified atom stereocenters. The minimum atomic E-state index is -3.48. The number of rotatable bonds is 8. The number of benzene rings is 2. The second-order valence-electron chi connectivity index (χ2n) is 5.55. The molecule has 0 N–H and O–H groups in total. The number of hydrogen-bond acceptors (Lipinski definition) is 6.